The van der Waals surface area contributed by atoms with Crippen LogP contribution in [0, 0.1) is 11.8 Å². The van der Waals surface area contributed by atoms with E-state index in [2.05, 4.69) is 21.8 Å². The van der Waals surface area contributed by atoms with Crippen molar-refractivity contribution in [1.29, 1.82) is 0 Å². The van der Waals surface area contributed by atoms with Crippen molar-refractivity contribution < 1.29 is 9.90 Å². The van der Waals surface area contributed by atoms with Gasteiger partial charge in [-0.2, -0.15) is 0 Å². The Labute approximate surface area is 102 Å². The van der Waals surface area contributed by atoms with E-state index in [4.69, 9.17) is 16.7 Å². The van der Waals surface area contributed by atoms with Gasteiger partial charge in [0, 0.05) is 10.9 Å². The van der Waals surface area contributed by atoms with E-state index in [1.165, 1.54) is 6.33 Å². The number of benzene rings is 1. The highest BCUT2D eigenvalue weighted by Gasteiger charge is 2.01. The minimum absolute atomic E-state index is 0.183. The maximum absolute atomic E-state index is 10.3. The third-order valence-corrected chi connectivity index (χ3v) is 2.36. The Morgan fingerprint density at radius 3 is 3.00 bits per heavy atom. The van der Waals surface area contributed by atoms with Gasteiger partial charge in [0.1, 0.15) is 17.9 Å². The molecule has 0 spiro atoms. The highest BCUT2D eigenvalue weighted by Crippen LogP contribution is 2.19. The van der Waals surface area contributed by atoms with Crippen molar-refractivity contribution in [3.05, 3.63) is 35.2 Å². The number of hydrogen-bond acceptors (Lipinski definition) is 3. The first-order valence-electron chi connectivity index (χ1n) is 4.78. The van der Waals surface area contributed by atoms with Crippen LogP contribution in [-0.4, -0.2) is 21.0 Å². The molecular formula is C12H7ClN2O2. The average Bonchev–Trinajstić information content (AvgIpc) is 2.30. The highest BCUT2D eigenvalue weighted by atomic mass is 35.5. The van der Waals surface area contributed by atoms with E-state index >= 15 is 0 Å². The summed E-state index contributed by atoms with van der Waals surface area (Å²) in [6.07, 6.45) is 1.21. The van der Waals surface area contributed by atoms with Crippen LogP contribution in [0.5, 0.6) is 0 Å². The molecule has 0 radical (unpaired) electrons. The van der Waals surface area contributed by atoms with E-state index in [9.17, 15) is 4.79 Å². The molecule has 0 atom stereocenters. The zero-order valence-corrected chi connectivity index (χ0v) is 9.40. The van der Waals surface area contributed by atoms with Crippen LogP contribution in [0.4, 0.5) is 0 Å². The lowest BCUT2D eigenvalue weighted by molar-refractivity contribution is -0.135. The summed E-state index contributed by atoms with van der Waals surface area (Å²) in [5.41, 5.74) is 1.42. The summed E-state index contributed by atoms with van der Waals surface area (Å²) in [5.74, 6) is 4.36. The van der Waals surface area contributed by atoms with E-state index in [1.807, 2.05) is 0 Å². The normalized spacial score (nSPS) is 9.71. The number of rotatable bonds is 1. The number of nitrogens with zero attached hydrogens (tertiary/aromatic N) is 2. The molecule has 84 valence electrons. The lowest BCUT2D eigenvalue weighted by Crippen LogP contribution is -1.90. The van der Waals surface area contributed by atoms with Gasteiger partial charge in [0.2, 0.25) is 0 Å². The van der Waals surface area contributed by atoms with E-state index in [1.54, 1.807) is 18.2 Å². The lowest BCUT2D eigenvalue weighted by Gasteiger charge is -1.98. The maximum atomic E-state index is 10.3. The first-order chi connectivity index (χ1) is 8.16. The number of aliphatic carboxylic acids is 1. The standard InChI is InChI=1S/C12H7ClN2O2/c13-12-9-6-8(2-1-3-11(16)17)4-5-10(9)14-7-15-12/h4-7H,3H2,(H,16,17). The zero-order valence-electron chi connectivity index (χ0n) is 8.64. The highest BCUT2D eigenvalue weighted by molar-refractivity contribution is 6.34. The van der Waals surface area contributed by atoms with Gasteiger partial charge >= 0.3 is 5.97 Å². The van der Waals surface area contributed by atoms with Crippen molar-refractivity contribution in [3.8, 4) is 11.8 Å². The van der Waals surface area contributed by atoms with Gasteiger partial charge in [-0.05, 0) is 18.2 Å². The van der Waals surface area contributed by atoms with Crippen molar-refractivity contribution in [2.45, 2.75) is 6.42 Å². The fourth-order valence-electron chi connectivity index (χ4n) is 1.32. The molecule has 5 heteroatoms. The van der Waals surface area contributed by atoms with Gasteiger partial charge in [-0.1, -0.05) is 23.4 Å². The van der Waals surface area contributed by atoms with E-state index < -0.39 is 5.97 Å². The van der Waals surface area contributed by atoms with Gasteiger partial charge in [-0.25, -0.2) is 9.97 Å². The molecule has 1 N–H and O–H groups in total. The van der Waals surface area contributed by atoms with Crippen LogP contribution in [-0.2, 0) is 4.79 Å². The molecule has 0 aliphatic heterocycles. The number of fused-ring (bicyclic) bond motifs is 1. The summed E-state index contributed by atoms with van der Waals surface area (Å²) in [6.45, 7) is 0. The first-order valence-corrected chi connectivity index (χ1v) is 5.15. The van der Waals surface area contributed by atoms with Crippen LogP contribution >= 0.6 is 11.6 Å². The molecule has 1 aromatic heterocycles. The van der Waals surface area contributed by atoms with Gasteiger partial charge in [0.05, 0.1) is 5.52 Å². The van der Waals surface area contributed by atoms with Crippen molar-refractivity contribution in [3.63, 3.8) is 0 Å². The molecule has 17 heavy (non-hydrogen) atoms. The third-order valence-electron chi connectivity index (χ3n) is 2.06. The van der Waals surface area contributed by atoms with Gasteiger partial charge in [0.25, 0.3) is 0 Å². The van der Waals surface area contributed by atoms with Crippen molar-refractivity contribution >= 4 is 28.5 Å². The van der Waals surface area contributed by atoms with Crippen LogP contribution in [0.1, 0.15) is 12.0 Å². The summed E-state index contributed by atoms with van der Waals surface area (Å²) in [6, 6.07) is 5.28. The predicted octanol–water partition coefficient (Wildman–Crippen LogP) is 2.11. The van der Waals surface area contributed by atoms with Crippen LogP contribution in [0.25, 0.3) is 10.9 Å². The minimum atomic E-state index is -0.945. The fraction of sp³-hybridized carbons (Fsp3) is 0.0833. The van der Waals surface area contributed by atoms with Gasteiger partial charge in [0.15, 0.2) is 0 Å². The molecule has 2 aromatic rings. The van der Waals surface area contributed by atoms with Crippen LogP contribution < -0.4 is 0 Å². The van der Waals surface area contributed by atoms with Gasteiger partial charge in [-0.3, -0.25) is 4.79 Å². The van der Waals surface area contributed by atoms with E-state index in [-0.39, 0.29) is 6.42 Å². The number of aromatic nitrogens is 2. The molecule has 0 unspecified atom stereocenters. The molecule has 0 aliphatic carbocycles. The molecule has 4 nitrogen and oxygen atoms in total. The second-order valence-corrected chi connectivity index (χ2v) is 3.63. The maximum Gasteiger partial charge on any atom is 0.315 e. The smallest absolute Gasteiger partial charge is 0.315 e. The Hall–Kier alpha value is -2.12. The Morgan fingerprint density at radius 2 is 2.24 bits per heavy atom. The zero-order chi connectivity index (χ0) is 12.3. The van der Waals surface area contributed by atoms with Gasteiger partial charge < -0.3 is 5.11 Å². The Morgan fingerprint density at radius 1 is 1.41 bits per heavy atom. The van der Waals surface area contributed by atoms with Crippen molar-refractivity contribution in [2.24, 2.45) is 0 Å². The second-order valence-electron chi connectivity index (χ2n) is 3.27. The molecule has 0 bridgehead atoms. The largest absolute Gasteiger partial charge is 0.481 e. The van der Waals surface area contributed by atoms with Crippen LogP contribution in [0.2, 0.25) is 5.15 Å². The first kappa shape index (κ1) is 11.4. The third kappa shape index (κ3) is 2.71. The summed E-state index contributed by atoms with van der Waals surface area (Å²) < 4.78 is 0. The summed E-state index contributed by atoms with van der Waals surface area (Å²) in [5, 5.41) is 9.53. The number of halogens is 1. The van der Waals surface area contributed by atoms with Crippen molar-refractivity contribution in [2.75, 3.05) is 0 Å². The Balaban J connectivity index is 2.40. The molecule has 2 rings (SSSR count). The molecule has 1 heterocycles. The molecule has 1 aromatic carbocycles. The number of carboxylic acid groups (broad SMARTS) is 1. The molecule has 0 aliphatic rings. The second kappa shape index (κ2) is 4.81. The van der Waals surface area contributed by atoms with Crippen LogP contribution in [0.3, 0.4) is 0 Å². The van der Waals surface area contributed by atoms with E-state index in [0.717, 1.165) is 5.52 Å². The topological polar surface area (TPSA) is 63.1 Å². The number of carbonyl (C=O) groups is 1. The van der Waals surface area contributed by atoms with Crippen molar-refractivity contribution in [1.82, 2.24) is 9.97 Å². The number of hydrogen-bond donors (Lipinski definition) is 1. The van der Waals surface area contributed by atoms with Gasteiger partial charge in [-0.15, -0.1) is 0 Å². The minimum Gasteiger partial charge on any atom is -0.481 e. The number of carboxylic acids is 1. The summed E-state index contributed by atoms with van der Waals surface area (Å²) >= 11 is 5.92. The van der Waals surface area contributed by atoms with E-state index in [0.29, 0.717) is 16.1 Å². The fourth-order valence-corrected chi connectivity index (χ4v) is 1.52. The lowest BCUT2D eigenvalue weighted by atomic mass is 10.1. The molecule has 0 fully saturated rings. The summed E-state index contributed by atoms with van der Waals surface area (Å²) in [7, 11) is 0. The quantitative estimate of drug-likeness (QED) is 0.618. The molecule has 0 saturated heterocycles. The summed E-state index contributed by atoms with van der Waals surface area (Å²) in [4.78, 5) is 18.2. The molecule has 0 saturated carbocycles. The molecular weight excluding hydrogens is 240 g/mol. The van der Waals surface area contributed by atoms with Crippen LogP contribution in [0.15, 0.2) is 24.5 Å². The SMILES string of the molecule is O=C(O)CC#Cc1ccc2ncnc(Cl)c2c1. The Bertz CT molecular complexity index is 644. The Kier molecular flexibility index (Phi) is 3.22. The molecule has 0 amide bonds. The predicted molar refractivity (Wildman–Crippen MR) is 63.7 cm³/mol. The monoisotopic (exact) mass is 246 g/mol. The average molecular weight is 247 g/mol.